The Bertz CT molecular complexity index is 194. The highest BCUT2D eigenvalue weighted by Gasteiger charge is 2.23. The monoisotopic (exact) mass is 196 g/mol. The summed E-state index contributed by atoms with van der Waals surface area (Å²) in [7, 11) is 2.08. The Morgan fingerprint density at radius 3 is 2.71 bits per heavy atom. The molecule has 2 unspecified atom stereocenters. The minimum Gasteiger partial charge on any atom is -0.317 e. The van der Waals surface area contributed by atoms with Crippen molar-refractivity contribution in [3.05, 3.63) is 11.6 Å². The van der Waals surface area contributed by atoms with Crippen molar-refractivity contribution in [1.29, 1.82) is 0 Å². The largest absolute Gasteiger partial charge is 0.317 e. The zero-order valence-corrected chi connectivity index (χ0v) is 10.0. The van der Waals surface area contributed by atoms with Gasteiger partial charge in [0.25, 0.3) is 0 Å². The van der Waals surface area contributed by atoms with Gasteiger partial charge in [0, 0.05) is 19.1 Å². The highest BCUT2D eigenvalue weighted by Crippen LogP contribution is 2.16. The molecule has 1 saturated heterocycles. The molecule has 1 aliphatic heterocycles. The van der Waals surface area contributed by atoms with Crippen LogP contribution in [0.2, 0.25) is 0 Å². The Balaban J connectivity index is 2.35. The van der Waals surface area contributed by atoms with Crippen molar-refractivity contribution in [2.75, 3.05) is 26.7 Å². The molecule has 2 nitrogen and oxygen atoms in total. The molecule has 0 aromatic heterocycles. The van der Waals surface area contributed by atoms with Crippen molar-refractivity contribution < 1.29 is 0 Å². The first-order valence-electron chi connectivity index (χ1n) is 5.66. The lowest BCUT2D eigenvalue weighted by atomic mass is 9.94. The lowest BCUT2D eigenvalue weighted by Crippen LogP contribution is -2.47. The molecule has 1 aliphatic rings. The van der Waals surface area contributed by atoms with Gasteiger partial charge in [-0.05, 0) is 39.8 Å². The van der Waals surface area contributed by atoms with Gasteiger partial charge in [0.05, 0.1) is 0 Å². The Kier molecular flexibility index (Phi) is 4.63. The predicted octanol–water partition coefficient (Wildman–Crippen LogP) is 1.88. The van der Waals surface area contributed by atoms with Gasteiger partial charge in [-0.3, -0.25) is 4.90 Å². The molecule has 0 saturated carbocycles. The van der Waals surface area contributed by atoms with Crippen molar-refractivity contribution in [2.24, 2.45) is 5.92 Å². The smallest absolute Gasteiger partial charge is 0.0165 e. The van der Waals surface area contributed by atoms with Gasteiger partial charge in [-0.1, -0.05) is 18.6 Å². The lowest BCUT2D eigenvalue weighted by molar-refractivity contribution is 0.165. The van der Waals surface area contributed by atoms with E-state index < -0.39 is 0 Å². The summed E-state index contributed by atoms with van der Waals surface area (Å²) in [5, 5.41) is 3.40. The van der Waals surface area contributed by atoms with Gasteiger partial charge < -0.3 is 5.32 Å². The van der Waals surface area contributed by atoms with Gasteiger partial charge in [0.15, 0.2) is 0 Å². The lowest BCUT2D eigenvalue weighted by Gasteiger charge is -2.36. The summed E-state index contributed by atoms with van der Waals surface area (Å²) in [4.78, 5) is 2.55. The van der Waals surface area contributed by atoms with E-state index in [1.165, 1.54) is 25.1 Å². The molecule has 0 aromatic rings. The van der Waals surface area contributed by atoms with Crippen LogP contribution in [0.25, 0.3) is 0 Å². The van der Waals surface area contributed by atoms with E-state index in [4.69, 9.17) is 0 Å². The third-order valence-electron chi connectivity index (χ3n) is 3.12. The third-order valence-corrected chi connectivity index (χ3v) is 3.12. The van der Waals surface area contributed by atoms with E-state index in [2.05, 4.69) is 44.1 Å². The number of nitrogens with zero attached hydrogens (tertiary/aromatic N) is 1. The molecule has 0 aromatic carbocycles. The molecule has 0 aliphatic carbocycles. The second-order valence-electron chi connectivity index (χ2n) is 4.70. The number of piperidine rings is 1. The summed E-state index contributed by atoms with van der Waals surface area (Å²) >= 11 is 0. The Hall–Kier alpha value is -0.340. The Morgan fingerprint density at radius 2 is 2.21 bits per heavy atom. The number of hydrogen-bond acceptors (Lipinski definition) is 2. The minimum absolute atomic E-state index is 0.720. The van der Waals surface area contributed by atoms with E-state index in [0.717, 1.165) is 18.5 Å². The quantitative estimate of drug-likeness (QED) is 0.693. The maximum Gasteiger partial charge on any atom is 0.0165 e. The highest BCUT2D eigenvalue weighted by atomic mass is 15.1. The fraction of sp³-hybridized carbons (Fsp3) is 0.833. The standard InChI is InChI=1S/C12H24N2/c1-10(2)5-7-14-8-6-12(13-4)11(3)9-14/h5,11-13H,6-9H2,1-4H3. The maximum absolute atomic E-state index is 3.40. The fourth-order valence-corrected chi connectivity index (χ4v) is 2.14. The molecule has 1 rings (SSSR count). The van der Waals surface area contributed by atoms with E-state index in [-0.39, 0.29) is 0 Å². The van der Waals surface area contributed by atoms with Crippen molar-refractivity contribution in [3.8, 4) is 0 Å². The summed E-state index contributed by atoms with van der Waals surface area (Å²) in [5.41, 5.74) is 1.42. The zero-order valence-electron chi connectivity index (χ0n) is 10.0. The van der Waals surface area contributed by atoms with Crippen LogP contribution in [0.4, 0.5) is 0 Å². The number of nitrogens with one attached hydrogen (secondary N) is 1. The summed E-state index contributed by atoms with van der Waals surface area (Å²) in [6.45, 7) is 10.3. The van der Waals surface area contributed by atoms with Crippen LogP contribution in [0.3, 0.4) is 0 Å². The van der Waals surface area contributed by atoms with Gasteiger partial charge in [-0.25, -0.2) is 0 Å². The Labute approximate surface area is 88.4 Å². The average molecular weight is 196 g/mol. The second kappa shape index (κ2) is 5.52. The molecule has 2 atom stereocenters. The van der Waals surface area contributed by atoms with E-state index in [0.29, 0.717) is 0 Å². The van der Waals surface area contributed by atoms with Crippen LogP contribution in [0, 0.1) is 5.92 Å². The summed E-state index contributed by atoms with van der Waals surface area (Å²) in [6, 6.07) is 0.720. The molecule has 0 amide bonds. The van der Waals surface area contributed by atoms with Crippen LogP contribution in [-0.2, 0) is 0 Å². The number of likely N-dealkylation sites (tertiary alicyclic amines) is 1. The van der Waals surface area contributed by atoms with E-state index >= 15 is 0 Å². The van der Waals surface area contributed by atoms with E-state index in [1.807, 2.05) is 0 Å². The number of allylic oxidation sites excluding steroid dienone is 1. The van der Waals surface area contributed by atoms with Crippen LogP contribution < -0.4 is 5.32 Å². The van der Waals surface area contributed by atoms with Crippen LogP contribution in [0.1, 0.15) is 27.2 Å². The first-order chi connectivity index (χ1) is 6.63. The van der Waals surface area contributed by atoms with Gasteiger partial charge in [-0.15, -0.1) is 0 Å². The molecule has 0 spiro atoms. The number of hydrogen-bond donors (Lipinski definition) is 1. The zero-order chi connectivity index (χ0) is 10.6. The molecule has 82 valence electrons. The molecule has 1 N–H and O–H groups in total. The van der Waals surface area contributed by atoms with E-state index in [1.54, 1.807) is 0 Å². The van der Waals surface area contributed by atoms with Gasteiger partial charge in [0.2, 0.25) is 0 Å². The molecule has 0 radical (unpaired) electrons. The summed E-state index contributed by atoms with van der Waals surface area (Å²) < 4.78 is 0. The molecule has 1 fully saturated rings. The van der Waals surface area contributed by atoms with Gasteiger partial charge in [-0.2, -0.15) is 0 Å². The fourth-order valence-electron chi connectivity index (χ4n) is 2.14. The van der Waals surface area contributed by atoms with Crippen molar-refractivity contribution in [2.45, 2.75) is 33.2 Å². The van der Waals surface area contributed by atoms with E-state index in [9.17, 15) is 0 Å². The SMILES string of the molecule is CNC1CCN(CC=C(C)C)CC1C. The molecule has 14 heavy (non-hydrogen) atoms. The van der Waals surface area contributed by atoms with Crippen LogP contribution in [-0.4, -0.2) is 37.6 Å². The average Bonchev–Trinajstić information content (AvgIpc) is 2.15. The first-order valence-corrected chi connectivity index (χ1v) is 5.66. The molecule has 1 heterocycles. The third kappa shape index (κ3) is 3.43. The predicted molar refractivity (Wildman–Crippen MR) is 62.5 cm³/mol. The van der Waals surface area contributed by atoms with Crippen LogP contribution >= 0.6 is 0 Å². The number of rotatable bonds is 3. The minimum atomic E-state index is 0.720. The molecular weight excluding hydrogens is 172 g/mol. The summed E-state index contributed by atoms with van der Waals surface area (Å²) in [5.74, 6) is 0.777. The van der Waals surface area contributed by atoms with Crippen molar-refractivity contribution in [3.63, 3.8) is 0 Å². The summed E-state index contributed by atoms with van der Waals surface area (Å²) in [6.07, 6.45) is 3.61. The van der Waals surface area contributed by atoms with Crippen molar-refractivity contribution >= 4 is 0 Å². The first kappa shape index (κ1) is 11.7. The molecular formula is C12H24N2. The topological polar surface area (TPSA) is 15.3 Å². The van der Waals surface area contributed by atoms with Crippen molar-refractivity contribution in [1.82, 2.24) is 10.2 Å². The van der Waals surface area contributed by atoms with Gasteiger partial charge in [0.1, 0.15) is 0 Å². The van der Waals surface area contributed by atoms with Crippen LogP contribution in [0.5, 0.6) is 0 Å². The highest BCUT2D eigenvalue weighted by molar-refractivity contribution is 4.96. The molecule has 0 bridgehead atoms. The van der Waals surface area contributed by atoms with Crippen LogP contribution in [0.15, 0.2) is 11.6 Å². The second-order valence-corrected chi connectivity index (χ2v) is 4.70. The maximum atomic E-state index is 3.40. The normalized spacial score (nSPS) is 28.9. The van der Waals surface area contributed by atoms with Gasteiger partial charge >= 0.3 is 0 Å². The molecule has 2 heteroatoms. The Morgan fingerprint density at radius 1 is 1.50 bits per heavy atom.